The van der Waals surface area contributed by atoms with Gasteiger partial charge in [0.1, 0.15) is 0 Å². The van der Waals surface area contributed by atoms with E-state index in [0.717, 1.165) is 10.4 Å². The number of nitro groups is 1. The van der Waals surface area contributed by atoms with Gasteiger partial charge in [0, 0.05) is 27.8 Å². The van der Waals surface area contributed by atoms with Crippen molar-refractivity contribution in [3.63, 3.8) is 0 Å². The van der Waals surface area contributed by atoms with E-state index in [-0.39, 0.29) is 23.6 Å². The smallest absolute Gasteiger partial charge is 0.273 e. The van der Waals surface area contributed by atoms with Gasteiger partial charge in [-0.3, -0.25) is 19.7 Å². The maximum absolute atomic E-state index is 12.5. The van der Waals surface area contributed by atoms with Gasteiger partial charge in [0.15, 0.2) is 0 Å². The highest BCUT2D eigenvalue weighted by Gasteiger charge is 2.18. The Bertz CT molecular complexity index is 1030. The zero-order valence-corrected chi connectivity index (χ0v) is 16.5. The number of nitrogens with one attached hydrogen (secondary N) is 2. The Morgan fingerprint density at radius 2 is 1.83 bits per heavy atom. The lowest BCUT2D eigenvalue weighted by Gasteiger charge is -2.09. The van der Waals surface area contributed by atoms with Crippen LogP contribution in [0.15, 0.2) is 60.0 Å². The average molecular weight is 409 g/mol. The molecule has 7 nitrogen and oxygen atoms in total. The van der Waals surface area contributed by atoms with Gasteiger partial charge in [-0.25, -0.2) is 0 Å². The molecule has 0 unspecified atom stereocenters. The van der Waals surface area contributed by atoms with E-state index < -0.39 is 10.8 Å². The van der Waals surface area contributed by atoms with E-state index in [1.54, 1.807) is 48.6 Å². The molecule has 0 atom stereocenters. The molecule has 2 amide bonds. The van der Waals surface area contributed by atoms with Crippen molar-refractivity contribution in [1.82, 2.24) is 5.32 Å². The van der Waals surface area contributed by atoms with Crippen molar-refractivity contribution in [1.29, 1.82) is 0 Å². The van der Waals surface area contributed by atoms with Crippen molar-refractivity contribution in [3.05, 3.63) is 91.7 Å². The number of hydrogen-bond acceptors (Lipinski definition) is 5. The minimum atomic E-state index is -0.510. The number of anilines is 1. The molecule has 0 bridgehead atoms. The van der Waals surface area contributed by atoms with Crippen LogP contribution < -0.4 is 10.6 Å². The predicted octanol–water partition coefficient (Wildman–Crippen LogP) is 4.08. The average Bonchev–Trinajstić information content (AvgIpc) is 3.21. The zero-order chi connectivity index (χ0) is 20.8. The van der Waals surface area contributed by atoms with Crippen molar-refractivity contribution in [2.24, 2.45) is 0 Å². The van der Waals surface area contributed by atoms with Crippen LogP contribution in [0, 0.1) is 17.0 Å². The number of carbonyl (C=O) groups is 2. The largest absolute Gasteiger partial charge is 0.351 e. The van der Waals surface area contributed by atoms with Crippen molar-refractivity contribution >= 4 is 34.5 Å². The molecule has 29 heavy (non-hydrogen) atoms. The van der Waals surface area contributed by atoms with Gasteiger partial charge >= 0.3 is 0 Å². The third kappa shape index (κ3) is 5.26. The Balaban J connectivity index is 1.59. The maximum atomic E-state index is 12.5. The van der Waals surface area contributed by atoms with Gasteiger partial charge in [0.25, 0.3) is 11.6 Å². The van der Waals surface area contributed by atoms with Crippen molar-refractivity contribution < 1.29 is 14.5 Å². The van der Waals surface area contributed by atoms with E-state index in [0.29, 0.717) is 17.8 Å². The van der Waals surface area contributed by atoms with Gasteiger partial charge in [-0.15, -0.1) is 11.3 Å². The van der Waals surface area contributed by atoms with E-state index >= 15 is 0 Å². The van der Waals surface area contributed by atoms with Crippen LogP contribution in [-0.2, 0) is 17.8 Å². The second-order valence-electron chi connectivity index (χ2n) is 6.39. The molecule has 0 saturated heterocycles. The second kappa shape index (κ2) is 9.11. The van der Waals surface area contributed by atoms with Gasteiger partial charge < -0.3 is 10.6 Å². The first kappa shape index (κ1) is 20.2. The molecule has 148 valence electrons. The third-order valence-corrected chi connectivity index (χ3v) is 5.24. The van der Waals surface area contributed by atoms with Gasteiger partial charge in [0.05, 0.1) is 17.9 Å². The first-order chi connectivity index (χ1) is 13.9. The molecule has 3 rings (SSSR count). The monoisotopic (exact) mass is 409 g/mol. The maximum Gasteiger partial charge on any atom is 0.273 e. The van der Waals surface area contributed by atoms with Gasteiger partial charge in [-0.1, -0.05) is 24.3 Å². The first-order valence-corrected chi connectivity index (χ1v) is 9.75. The highest BCUT2D eigenvalue weighted by atomic mass is 32.1. The topological polar surface area (TPSA) is 101 Å². The molecule has 0 spiro atoms. The molecule has 0 aliphatic rings. The number of hydrogen-bond donors (Lipinski definition) is 2. The Morgan fingerprint density at radius 1 is 1.07 bits per heavy atom. The standard InChI is InChI=1S/C21H19N3O4S/c1-14-18(5-2-6-19(14)24(27)28)21(26)23-16-9-7-15(8-10-16)12-20(25)22-13-17-4-3-11-29-17/h2-11H,12-13H2,1H3,(H,22,25)(H,23,26). The molecular weight excluding hydrogens is 390 g/mol. The van der Waals surface area contributed by atoms with Crippen molar-refractivity contribution in [2.75, 3.05) is 5.32 Å². The summed E-state index contributed by atoms with van der Waals surface area (Å²) in [7, 11) is 0. The summed E-state index contributed by atoms with van der Waals surface area (Å²) in [6.45, 7) is 2.05. The van der Waals surface area contributed by atoms with Gasteiger partial charge in [-0.2, -0.15) is 0 Å². The quantitative estimate of drug-likeness (QED) is 0.453. The van der Waals surface area contributed by atoms with Crippen molar-refractivity contribution in [3.8, 4) is 0 Å². The number of nitrogens with zero attached hydrogens (tertiary/aromatic N) is 1. The molecule has 0 saturated carbocycles. The van der Waals surface area contributed by atoms with Crippen LogP contribution in [0.4, 0.5) is 11.4 Å². The highest BCUT2D eigenvalue weighted by molar-refractivity contribution is 7.09. The molecule has 0 radical (unpaired) electrons. The summed E-state index contributed by atoms with van der Waals surface area (Å²) in [5.74, 6) is -0.505. The van der Waals surface area contributed by atoms with Gasteiger partial charge in [-0.05, 0) is 42.1 Å². The summed E-state index contributed by atoms with van der Waals surface area (Å²) >= 11 is 1.59. The fraction of sp³-hybridized carbons (Fsp3) is 0.143. The van der Waals surface area contributed by atoms with Gasteiger partial charge in [0.2, 0.25) is 5.91 Å². The third-order valence-electron chi connectivity index (χ3n) is 4.36. The minimum absolute atomic E-state index is 0.0811. The molecule has 0 aliphatic heterocycles. The Morgan fingerprint density at radius 3 is 2.48 bits per heavy atom. The number of nitro benzene ring substituents is 1. The molecule has 8 heteroatoms. The van der Waals surface area contributed by atoms with Crippen LogP contribution in [0.1, 0.15) is 26.4 Å². The first-order valence-electron chi connectivity index (χ1n) is 8.87. The molecule has 2 N–H and O–H groups in total. The predicted molar refractivity (Wildman–Crippen MR) is 112 cm³/mol. The lowest BCUT2D eigenvalue weighted by Crippen LogP contribution is -2.24. The summed E-state index contributed by atoms with van der Waals surface area (Å²) in [5, 5.41) is 18.6. The normalized spacial score (nSPS) is 10.4. The molecular formula is C21H19N3O4S. The Hall–Kier alpha value is -3.52. The molecule has 2 aromatic carbocycles. The number of amides is 2. The summed E-state index contributed by atoms with van der Waals surface area (Å²) in [6, 6.07) is 15.2. The van der Waals surface area contributed by atoms with Crippen LogP contribution in [0.25, 0.3) is 0 Å². The Labute approximate surface area is 171 Å². The van der Waals surface area contributed by atoms with E-state index in [4.69, 9.17) is 0 Å². The van der Waals surface area contributed by atoms with Crippen molar-refractivity contribution in [2.45, 2.75) is 19.9 Å². The van der Waals surface area contributed by atoms with E-state index in [1.807, 2.05) is 17.5 Å². The second-order valence-corrected chi connectivity index (χ2v) is 7.42. The van der Waals surface area contributed by atoms with E-state index in [2.05, 4.69) is 10.6 Å². The molecule has 3 aromatic rings. The molecule has 0 aliphatic carbocycles. The molecule has 0 fully saturated rings. The summed E-state index contributed by atoms with van der Waals surface area (Å²) in [6.07, 6.45) is 0.240. The van der Waals surface area contributed by atoms with Crippen LogP contribution in [0.2, 0.25) is 0 Å². The lowest BCUT2D eigenvalue weighted by molar-refractivity contribution is -0.385. The number of rotatable bonds is 7. The number of carbonyl (C=O) groups excluding carboxylic acids is 2. The van der Waals surface area contributed by atoms with Crippen LogP contribution in [-0.4, -0.2) is 16.7 Å². The summed E-state index contributed by atoms with van der Waals surface area (Å²) < 4.78 is 0. The van der Waals surface area contributed by atoms with E-state index in [1.165, 1.54) is 12.1 Å². The fourth-order valence-corrected chi connectivity index (χ4v) is 3.46. The SMILES string of the molecule is Cc1c(C(=O)Nc2ccc(CC(=O)NCc3cccs3)cc2)cccc1[N+](=O)[O-]. The highest BCUT2D eigenvalue weighted by Crippen LogP contribution is 2.22. The lowest BCUT2D eigenvalue weighted by atomic mass is 10.1. The summed E-state index contributed by atoms with van der Waals surface area (Å²) in [5.41, 5.74) is 1.83. The van der Waals surface area contributed by atoms with Crippen LogP contribution in [0.5, 0.6) is 0 Å². The van der Waals surface area contributed by atoms with E-state index in [9.17, 15) is 19.7 Å². The minimum Gasteiger partial charge on any atom is -0.351 e. The molecule has 1 aromatic heterocycles. The number of thiophene rings is 1. The summed E-state index contributed by atoms with van der Waals surface area (Å²) in [4.78, 5) is 36.1. The molecule has 1 heterocycles. The Kier molecular flexibility index (Phi) is 6.36. The van der Waals surface area contributed by atoms with Crippen LogP contribution >= 0.6 is 11.3 Å². The fourth-order valence-electron chi connectivity index (χ4n) is 2.82. The van der Waals surface area contributed by atoms with Crippen LogP contribution in [0.3, 0.4) is 0 Å². The number of benzene rings is 2. The zero-order valence-electron chi connectivity index (χ0n) is 15.7.